The summed E-state index contributed by atoms with van der Waals surface area (Å²) in [5, 5.41) is 10.9. The molecule has 0 aliphatic heterocycles. The van der Waals surface area contributed by atoms with E-state index in [-0.39, 0.29) is 5.69 Å². The molecule has 0 radical (unpaired) electrons. The van der Waals surface area contributed by atoms with E-state index in [9.17, 15) is 10.1 Å². The molecule has 0 amide bonds. The molecular weight excluding hydrogens is 292 g/mol. The molecule has 0 aliphatic rings. The molecule has 0 heterocycles. The molecule has 0 aromatic heterocycles. The lowest BCUT2D eigenvalue weighted by molar-refractivity contribution is -0.384. The molecule has 0 spiro atoms. The van der Waals surface area contributed by atoms with Crippen molar-refractivity contribution in [2.45, 2.75) is 17.9 Å². The highest BCUT2D eigenvalue weighted by atomic mass is 79.9. The Morgan fingerprint density at radius 1 is 1.62 bits per heavy atom. The van der Waals surface area contributed by atoms with Crippen LogP contribution in [0.25, 0.3) is 0 Å². The van der Waals surface area contributed by atoms with Gasteiger partial charge in [-0.2, -0.15) is 11.8 Å². The number of nitrogens with two attached hydrogens (primary N) is 1. The lowest BCUT2D eigenvalue weighted by Crippen LogP contribution is -2.12. The minimum Gasteiger partial charge on any atom is -0.329 e. The van der Waals surface area contributed by atoms with Crippen LogP contribution in [0.2, 0.25) is 0 Å². The van der Waals surface area contributed by atoms with Gasteiger partial charge in [-0.05, 0) is 5.56 Å². The fourth-order valence-corrected chi connectivity index (χ4v) is 2.61. The van der Waals surface area contributed by atoms with Crippen LogP contribution in [0.3, 0.4) is 0 Å². The van der Waals surface area contributed by atoms with Crippen molar-refractivity contribution >= 4 is 33.4 Å². The lowest BCUT2D eigenvalue weighted by atomic mass is 10.2. The van der Waals surface area contributed by atoms with Gasteiger partial charge in [-0.15, -0.1) is 0 Å². The number of nitro groups is 1. The topological polar surface area (TPSA) is 69.2 Å². The number of thioether (sulfide) groups is 1. The molecule has 6 heteroatoms. The third-order valence-corrected chi connectivity index (χ3v) is 4.08. The van der Waals surface area contributed by atoms with Gasteiger partial charge in [0.05, 0.1) is 4.92 Å². The second-order valence-corrected chi connectivity index (χ2v) is 5.67. The Kier molecular flexibility index (Phi) is 5.24. The molecule has 2 N–H and O–H groups in total. The summed E-state index contributed by atoms with van der Waals surface area (Å²) in [5.41, 5.74) is 6.67. The van der Waals surface area contributed by atoms with Crippen LogP contribution in [0, 0.1) is 10.1 Å². The predicted octanol–water partition coefficient (Wildman–Crippen LogP) is 2.94. The van der Waals surface area contributed by atoms with Crippen molar-refractivity contribution in [2.24, 2.45) is 5.73 Å². The van der Waals surface area contributed by atoms with Crippen LogP contribution in [0.1, 0.15) is 12.5 Å². The molecular formula is C10H13BrN2O2S. The monoisotopic (exact) mass is 304 g/mol. The number of nitro benzene ring substituents is 1. The number of halogens is 1. The van der Waals surface area contributed by atoms with Crippen molar-refractivity contribution in [1.82, 2.24) is 0 Å². The molecule has 0 saturated heterocycles. The number of hydrogen-bond acceptors (Lipinski definition) is 4. The van der Waals surface area contributed by atoms with E-state index in [1.54, 1.807) is 17.8 Å². The minimum absolute atomic E-state index is 0.104. The summed E-state index contributed by atoms with van der Waals surface area (Å²) in [4.78, 5) is 10.1. The number of nitrogens with zero attached hydrogens (tertiary/aromatic N) is 1. The van der Waals surface area contributed by atoms with Crippen LogP contribution in [0.4, 0.5) is 5.69 Å². The maximum Gasteiger partial charge on any atom is 0.270 e. The molecule has 0 saturated carbocycles. The Morgan fingerprint density at radius 2 is 2.31 bits per heavy atom. The molecule has 88 valence electrons. The molecule has 1 unspecified atom stereocenters. The highest BCUT2D eigenvalue weighted by Crippen LogP contribution is 2.27. The molecule has 0 aliphatic carbocycles. The average Bonchev–Trinajstić information content (AvgIpc) is 2.26. The molecule has 1 atom stereocenters. The summed E-state index contributed by atoms with van der Waals surface area (Å²) in [7, 11) is 0. The molecule has 4 nitrogen and oxygen atoms in total. The Balaban J connectivity index is 2.72. The van der Waals surface area contributed by atoms with E-state index in [2.05, 4.69) is 22.9 Å². The van der Waals surface area contributed by atoms with Crippen LogP contribution in [-0.4, -0.2) is 16.7 Å². The summed E-state index contributed by atoms with van der Waals surface area (Å²) in [5.74, 6) is 0.803. The van der Waals surface area contributed by atoms with Gasteiger partial charge in [-0.1, -0.05) is 28.9 Å². The van der Waals surface area contributed by atoms with Crippen LogP contribution < -0.4 is 5.73 Å². The summed E-state index contributed by atoms with van der Waals surface area (Å²) in [6.45, 7) is 2.69. The third kappa shape index (κ3) is 3.77. The van der Waals surface area contributed by atoms with Gasteiger partial charge in [-0.3, -0.25) is 10.1 Å². The van der Waals surface area contributed by atoms with E-state index < -0.39 is 4.92 Å². The smallest absolute Gasteiger partial charge is 0.270 e. The Hall–Kier alpha value is -0.590. The molecule has 1 rings (SSSR count). The summed E-state index contributed by atoms with van der Waals surface area (Å²) in [6.07, 6.45) is 0. The fourth-order valence-electron chi connectivity index (χ4n) is 1.07. The van der Waals surface area contributed by atoms with Gasteiger partial charge in [0, 0.05) is 34.2 Å². The predicted molar refractivity (Wildman–Crippen MR) is 70.6 cm³/mol. The van der Waals surface area contributed by atoms with Gasteiger partial charge in [0.2, 0.25) is 0 Å². The molecule has 0 bridgehead atoms. The van der Waals surface area contributed by atoms with Crippen molar-refractivity contribution in [3.05, 3.63) is 38.3 Å². The van der Waals surface area contributed by atoms with Crippen LogP contribution in [-0.2, 0) is 5.75 Å². The largest absolute Gasteiger partial charge is 0.329 e. The van der Waals surface area contributed by atoms with E-state index in [0.717, 1.165) is 15.8 Å². The zero-order valence-electron chi connectivity index (χ0n) is 8.85. The highest BCUT2D eigenvalue weighted by molar-refractivity contribution is 9.10. The van der Waals surface area contributed by atoms with Crippen molar-refractivity contribution in [3.63, 3.8) is 0 Å². The Labute approximate surface area is 107 Å². The second kappa shape index (κ2) is 6.22. The normalized spacial score (nSPS) is 12.4. The number of benzene rings is 1. The lowest BCUT2D eigenvalue weighted by Gasteiger charge is -2.09. The molecule has 0 fully saturated rings. The van der Waals surface area contributed by atoms with Gasteiger partial charge >= 0.3 is 0 Å². The standard InChI is InChI=1S/C10H13BrN2O2S/c1-7(5-12)16-6-8-2-3-9(13(14)15)4-10(8)11/h2-4,7H,5-6,12H2,1H3. The Bertz CT molecular complexity index is 387. The number of rotatable bonds is 5. The maximum absolute atomic E-state index is 10.5. The number of non-ortho nitro benzene ring substituents is 1. The molecule has 1 aromatic rings. The van der Waals surface area contributed by atoms with Gasteiger partial charge in [0.1, 0.15) is 0 Å². The van der Waals surface area contributed by atoms with Crippen molar-refractivity contribution in [3.8, 4) is 0 Å². The minimum atomic E-state index is -0.399. The number of hydrogen-bond donors (Lipinski definition) is 1. The van der Waals surface area contributed by atoms with E-state index in [4.69, 9.17) is 5.73 Å². The average molecular weight is 305 g/mol. The van der Waals surface area contributed by atoms with Gasteiger partial charge < -0.3 is 5.73 Å². The maximum atomic E-state index is 10.5. The van der Waals surface area contributed by atoms with Crippen molar-refractivity contribution in [1.29, 1.82) is 0 Å². The quantitative estimate of drug-likeness (QED) is 0.671. The Morgan fingerprint density at radius 3 is 2.81 bits per heavy atom. The molecule has 1 aromatic carbocycles. The third-order valence-electron chi connectivity index (χ3n) is 2.10. The first-order chi connectivity index (χ1) is 7.54. The SMILES string of the molecule is CC(CN)SCc1ccc([N+](=O)[O-])cc1Br. The van der Waals surface area contributed by atoms with E-state index in [1.165, 1.54) is 12.1 Å². The van der Waals surface area contributed by atoms with E-state index in [0.29, 0.717) is 11.8 Å². The first kappa shape index (κ1) is 13.5. The van der Waals surface area contributed by atoms with Crippen molar-refractivity contribution < 1.29 is 4.92 Å². The highest BCUT2D eigenvalue weighted by Gasteiger charge is 2.09. The van der Waals surface area contributed by atoms with Crippen LogP contribution in [0.15, 0.2) is 22.7 Å². The first-order valence-electron chi connectivity index (χ1n) is 4.79. The first-order valence-corrected chi connectivity index (χ1v) is 6.63. The summed E-state index contributed by atoms with van der Waals surface area (Å²) >= 11 is 5.07. The van der Waals surface area contributed by atoms with Gasteiger partial charge in [-0.25, -0.2) is 0 Å². The second-order valence-electron chi connectivity index (χ2n) is 3.39. The summed E-state index contributed by atoms with van der Waals surface area (Å²) < 4.78 is 0.776. The fraction of sp³-hybridized carbons (Fsp3) is 0.400. The van der Waals surface area contributed by atoms with Crippen LogP contribution in [0.5, 0.6) is 0 Å². The summed E-state index contributed by atoms with van der Waals surface area (Å²) in [6, 6.07) is 4.83. The van der Waals surface area contributed by atoms with E-state index >= 15 is 0 Å². The molecule has 16 heavy (non-hydrogen) atoms. The van der Waals surface area contributed by atoms with Crippen LogP contribution >= 0.6 is 27.7 Å². The van der Waals surface area contributed by atoms with Gasteiger partial charge in [0.15, 0.2) is 0 Å². The van der Waals surface area contributed by atoms with Gasteiger partial charge in [0.25, 0.3) is 5.69 Å². The zero-order chi connectivity index (χ0) is 12.1. The zero-order valence-corrected chi connectivity index (χ0v) is 11.3. The van der Waals surface area contributed by atoms with E-state index in [1.807, 2.05) is 0 Å². The van der Waals surface area contributed by atoms with Crippen molar-refractivity contribution in [2.75, 3.05) is 6.54 Å².